The van der Waals surface area contributed by atoms with Crippen LogP contribution in [0, 0.1) is 10.1 Å². The van der Waals surface area contributed by atoms with Gasteiger partial charge in [0.15, 0.2) is 10.1 Å². The molecule has 0 N–H and O–H groups in total. The summed E-state index contributed by atoms with van der Waals surface area (Å²) < 4.78 is 5.31. The van der Waals surface area contributed by atoms with E-state index in [0.717, 1.165) is 18.2 Å². The first-order valence-corrected chi connectivity index (χ1v) is 7.49. The second kappa shape index (κ2) is 6.58. The van der Waals surface area contributed by atoms with Crippen molar-refractivity contribution in [2.75, 3.05) is 31.2 Å². The highest BCUT2D eigenvalue weighted by atomic mass is 32.1. The quantitative estimate of drug-likeness (QED) is 0.489. The predicted molar refractivity (Wildman–Crippen MR) is 82.4 cm³/mol. The highest BCUT2D eigenvalue weighted by Gasteiger charge is 2.14. The summed E-state index contributed by atoms with van der Waals surface area (Å²) in [6, 6.07) is 5.93. The first-order valence-electron chi connectivity index (χ1n) is 6.67. The Hall–Kier alpha value is -2.39. The Labute approximate surface area is 130 Å². The van der Waals surface area contributed by atoms with Gasteiger partial charge in [-0.1, -0.05) is 11.3 Å². The number of morpholine rings is 1. The normalized spacial score (nSPS) is 15.4. The van der Waals surface area contributed by atoms with E-state index >= 15 is 0 Å². The number of benzene rings is 1. The summed E-state index contributed by atoms with van der Waals surface area (Å²) >= 11 is 1.46. The first kappa shape index (κ1) is 14.5. The van der Waals surface area contributed by atoms with Crippen molar-refractivity contribution < 1.29 is 9.66 Å². The Kier molecular flexibility index (Phi) is 4.35. The Morgan fingerprint density at radius 3 is 2.64 bits per heavy atom. The summed E-state index contributed by atoms with van der Waals surface area (Å²) in [6.45, 7) is 3.07. The molecular weight excluding hydrogens is 306 g/mol. The number of ether oxygens (including phenoxy) is 1. The fourth-order valence-corrected chi connectivity index (χ4v) is 2.74. The lowest BCUT2D eigenvalue weighted by Crippen LogP contribution is -2.36. The number of anilines is 1. The van der Waals surface area contributed by atoms with Gasteiger partial charge in [-0.05, 0) is 12.1 Å². The molecule has 0 atom stereocenters. The average Bonchev–Trinajstić information content (AvgIpc) is 3.03. The van der Waals surface area contributed by atoms with Crippen LogP contribution >= 0.6 is 11.3 Å². The number of hydrogen-bond donors (Lipinski definition) is 0. The lowest BCUT2D eigenvalue weighted by molar-refractivity contribution is -0.384. The third-order valence-electron chi connectivity index (χ3n) is 3.09. The maximum atomic E-state index is 10.6. The number of azo groups is 1. The van der Waals surface area contributed by atoms with Crippen LogP contribution in [0.1, 0.15) is 0 Å². The summed E-state index contributed by atoms with van der Waals surface area (Å²) in [4.78, 5) is 16.6. The molecule has 22 heavy (non-hydrogen) atoms. The van der Waals surface area contributed by atoms with Crippen molar-refractivity contribution in [2.24, 2.45) is 10.2 Å². The van der Waals surface area contributed by atoms with Crippen LogP contribution in [-0.2, 0) is 4.74 Å². The molecule has 0 saturated carbocycles. The van der Waals surface area contributed by atoms with Crippen molar-refractivity contribution in [3.8, 4) is 0 Å². The highest BCUT2D eigenvalue weighted by molar-refractivity contribution is 7.19. The number of nitrogens with zero attached hydrogens (tertiary/aromatic N) is 5. The average molecular weight is 319 g/mol. The van der Waals surface area contributed by atoms with E-state index in [9.17, 15) is 10.1 Å². The number of thiazole rings is 1. The van der Waals surface area contributed by atoms with Crippen LogP contribution in [0.4, 0.5) is 21.5 Å². The number of rotatable bonds is 4. The third kappa shape index (κ3) is 3.43. The molecule has 0 radical (unpaired) electrons. The van der Waals surface area contributed by atoms with E-state index in [4.69, 9.17) is 4.74 Å². The number of non-ortho nitro benzene ring substituents is 1. The zero-order valence-corrected chi connectivity index (χ0v) is 12.4. The van der Waals surface area contributed by atoms with Crippen LogP contribution in [0.3, 0.4) is 0 Å². The van der Waals surface area contributed by atoms with E-state index in [1.165, 1.54) is 23.5 Å². The Morgan fingerprint density at radius 2 is 1.95 bits per heavy atom. The fraction of sp³-hybridized carbons (Fsp3) is 0.308. The van der Waals surface area contributed by atoms with Crippen molar-refractivity contribution in [1.82, 2.24) is 4.98 Å². The topological polar surface area (TPSA) is 93.2 Å². The van der Waals surface area contributed by atoms with Crippen LogP contribution in [0.15, 0.2) is 40.7 Å². The Bertz CT molecular complexity index is 679. The van der Waals surface area contributed by atoms with Crippen molar-refractivity contribution in [2.45, 2.75) is 0 Å². The predicted octanol–water partition coefficient (Wildman–Crippen LogP) is 3.30. The van der Waals surface area contributed by atoms with Gasteiger partial charge in [0.2, 0.25) is 0 Å². The Balaban J connectivity index is 1.67. The molecule has 1 saturated heterocycles. The summed E-state index contributed by atoms with van der Waals surface area (Å²) in [5, 5.41) is 20.4. The molecule has 1 aliphatic heterocycles. The van der Waals surface area contributed by atoms with Crippen LogP contribution in [-0.4, -0.2) is 36.2 Å². The molecule has 0 unspecified atom stereocenters. The fourth-order valence-electron chi connectivity index (χ4n) is 1.95. The van der Waals surface area contributed by atoms with E-state index in [1.54, 1.807) is 18.3 Å². The van der Waals surface area contributed by atoms with E-state index in [-0.39, 0.29) is 5.69 Å². The molecule has 0 spiro atoms. The maximum absolute atomic E-state index is 10.6. The van der Waals surface area contributed by atoms with Gasteiger partial charge in [-0.2, -0.15) is 0 Å². The van der Waals surface area contributed by atoms with Gasteiger partial charge >= 0.3 is 0 Å². The van der Waals surface area contributed by atoms with Gasteiger partial charge in [0.1, 0.15) is 0 Å². The number of nitro benzene ring substituents is 1. The minimum absolute atomic E-state index is 0.0337. The van der Waals surface area contributed by atoms with Gasteiger partial charge in [0, 0.05) is 25.2 Å². The molecule has 1 aliphatic rings. The van der Waals surface area contributed by atoms with Gasteiger partial charge in [-0.3, -0.25) is 10.1 Å². The van der Waals surface area contributed by atoms with E-state index < -0.39 is 4.92 Å². The number of nitro groups is 1. The van der Waals surface area contributed by atoms with Gasteiger partial charge in [-0.15, -0.1) is 10.2 Å². The lowest BCUT2D eigenvalue weighted by Gasteiger charge is -2.25. The van der Waals surface area contributed by atoms with Crippen LogP contribution in [0.2, 0.25) is 0 Å². The Morgan fingerprint density at radius 1 is 1.23 bits per heavy atom. The first-order chi connectivity index (χ1) is 10.7. The van der Waals surface area contributed by atoms with Crippen molar-refractivity contribution in [3.05, 3.63) is 40.6 Å². The second-order valence-electron chi connectivity index (χ2n) is 4.55. The molecule has 1 fully saturated rings. The summed E-state index contributed by atoms with van der Waals surface area (Å²) in [5.74, 6) is 0. The maximum Gasteiger partial charge on any atom is 0.269 e. The van der Waals surface area contributed by atoms with Gasteiger partial charge in [0.25, 0.3) is 5.69 Å². The second-order valence-corrected chi connectivity index (χ2v) is 5.54. The van der Waals surface area contributed by atoms with Crippen LogP contribution < -0.4 is 4.90 Å². The van der Waals surface area contributed by atoms with Gasteiger partial charge in [0.05, 0.1) is 30.0 Å². The largest absolute Gasteiger partial charge is 0.378 e. The molecule has 0 bridgehead atoms. The molecule has 2 aromatic rings. The molecule has 114 valence electrons. The molecule has 2 heterocycles. The molecule has 3 rings (SSSR count). The molecule has 1 aromatic heterocycles. The van der Waals surface area contributed by atoms with Crippen molar-refractivity contribution in [1.29, 1.82) is 0 Å². The minimum atomic E-state index is -0.446. The molecule has 9 heteroatoms. The summed E-state index contributed by atoms with van der Waals surface area (Å²) in [6.07, 6.45) is 1.67. The van der Waals surface area contributed by atoms with Crippen LogP contribution in [0.25, 0.3) is 0 Å². The molecule has 0 amide bonds. The standard InChI is InChI=1S/C13H13N5O3S/c19-18(20)11-3-1-10(2-4-11)15-16-12-9-14-13(22-12)17-5-7-21-8-6-17/h1-4,9H,5-8H2. The van der Waals surface area contributed by atoms with Crippen LogP contribution in [0.5, 0.6) is 0 Å². The zero-order valence-electron chi connectivity index (χ0n) is 11.6. The molecule has 1 aromatic carbocycles. The summed E-state index contributed by atoms with van der Waals surface area (Å²) in [7, 11) is 0. The van der Waals surface area contributed by atoms with Gasteiger partial charge < -0.3 is 9.64 Å². The summed E-state index contributed by atoms with van der Waals surface area (Å²) in [5.41, 5.74) is 0.596. The monoisotopic (exact) mass is 319 g/mol. The van der Waals surface area contributed by atoms with E-state index in [0.29, 0.717) is 23.9 Å². The molecular formula is C13H13N5O3S. The SMILES string of the molecule is O=[N+]([O-])c1ccc(N=Nc2cnc(N3CCOCC3)s2)cc1. The third-order valence-corrected chi connectivity index (χ3v) is 4.03. The zero-order chi connectivity index (χ0) is 15.4. The smallest absolute Gasteiger partial charge is 0.269 e. The lowest BCUT2D eigenvalue weighted by atomic mass is 10.3. The van der Waals surface area contributed by atoms with Crippen molar-refractivity contribution >= 4 is 32.8 Å². The molecule has 8 nitrogen and oxygen atoms in total. The van der Waals surface area contributed by atoms with Gasteiger partial charge in [-0.25, -0.2) is 4.98 Å². The van der Waals surface area contributed by atoms with Crippen molar-refractivity contribution in [3.63, 3.8) is 0 Å². The van der Waals surface area contributed by atoms with E-state index in [2.05, 4.69) is 20.1 Å². The minimum Gasteiger partial charge on any atom is -0.378 e. The van der Waals surface area contributed by atoms with E-state index in [1.807, 2.05) is 0 Å². The highest BCUT2D eigenvalue weighted by Crippen LogP contribution is 2.31. The number of aromatic nitrogens is 1. The number of hydrogen-bond acceptors (Lipinski definition) is 8. The molecule has 0 aliphatic carbocycles.